The van der Waals surface area contributed by atoms with Crippen LogP contribution >= 0.6 is 43.4 Å². The molecule has 0 spiro atoms. The smallest absolute Gasteiger partial charge is 0.307 e. The maximum absolute atomic E-state index is 12.8. The Morgan fingerprint density at radius 1 is 1.00 bits per heavy atom. The van der Waals surface area contributed by atoms with Gasteiger partial charge < -0.3 is 20.3 Å². The molecule has 0 aliphatic heterocycles. The number of phenolic OH excluding ortho intramolecular Hbond substituents is 1. The van der Waals surface area contributed by atoms with Gasteiger partial charge in [-0.3, -0.25) is 9.59 Å². The number of aliphatic carboxylic acids is 1. The van der Waals surface area contributed by atoms with Crippen molar-refractivity contribution in [2.24, 2.45) is 0 Å². The highest BCUT2D eigenvalue weighted by molar-refractivity contribution is 9.11. The first-order chi connectivity index (χ1) is 16.8. The van der Waals surface area contributed by atoms with Crippen LogP contribution in [0.4, 0.5) is 0 Å². The average molecular weight is 619 g/mol. The highest BCUT2D eigenvalue weighted by atomic mass is 79.9. The Morgan fingerprint density at radius 3 is 2.34 bits per heavy atom. The van der Waals surface area contributed by atoms with Crippen molar-refractivity contribution in [3.63, 3.8) is 0 Å². The van der Waals surface area contributed by atoms with Crippen LogP contribution in [0.3, 0.4) is 0 Å². The monoisotopic (exact) mass is 617 g/mol. The summed E-state index contributed by atoms with van der Waals surface area (Å²) in [7, 11) is 0. The van der Waals surface area contributed by atoms with E-state index < -0.39 is 11.9 Å². The van der Waals surface area contributed by atoms with Gasteiger partial charge in [0.15, 0.2) is 5.75 Å². The quantitative estimate of drug-likeness (QED) is 0.229. The van der Waals surface area contributed by atoms with E-state index in [2.05, 4.69) is 46.8 Å². The minimum Gasteiger partial charge on any atom is -0.507 e. The fourth-order valence-electron chi connectivity index (χ4n) is 3.23. The molecule has 0 unspecified atom stereocenters. The third-order valence-corrected chi connectivity index (χ3v) is 6.59. The van der Waals surface area contributed by atoms with Gasteiger partial charge in [-0.15, -0.1) is 5.10 Å². The number of carboxylic acid groups (broad SMARTS) is 1. The van der Waals surface area contributed by atoms with E-state index in [-0.39, 0.29) is 24.3 Å². The number of hydrogen-bond donors (Lipinski definition) is 3. The number of halogens is 2. The van der Waals surface area contributed by atoms with E-state index in [9.17, 15) is 14.7 Å². The third-order valence-electron chi connectivity index (χ3n) is 4.91. The zero-order chi connectivity index (χ0) is 24.9. The fourth-order valence-corrected chi connectivity index (χ4v) is 5.13. The SMILES string of the molecule is O=C(O)Cc1cc(Br)c(Oc2ccc(O)c(C(=O)NCc3ccc(-c4csnn4)cc3)c2)c(Br)c1. The number of aromatic nitrogens is 2. The molecule has 0 saturated carbocycles. The predicted molar refractivity (Wildman–Crippen MR) is 138 cm³/mol. The number of amides is 1. The molecule has 178 valence electrons. The van der Waals surface area contributed by atoms with Crippen molar-refractivity contribution < 1.29 is 24.5 Å². The van der Waals surface area contributed by atoms with E-state index >= 15 is 0 Å². The standard InChI is InChI=1S/C24H17Br2N3O5S/c25-18-7-14(9-22(31)32)8-19(26)23(18)34-16-5-6-21(30)17(10-16)24(33)27-11-13-1-3-15(4-2-13)20-12-35-29-28-20/h1-8,10,12,30H,9,11H2,(H,27,33)(H,31,32). The Kier molecular flexibility index (Phi) is 7.79. The van der Waals surface area contributed by atoms with Gasteiger partial charge in [0.1, 0.15) is 17.2 Å². The van der Waals surface area contributed by atoms with Gasteiger partial charge in [0.05, 0.1) is 20.9 Å². The van der Waals surface area contributed by atoms with Gasteiger partial charge in [-0.1, -0.05) is 28.8 Å². The number of aromatic hydroxyl groups is 1. The molecule has 1 amide bonds. The summed E-state index contributed by atoms with van der Waals surface area (Å²) in [5.74, 6) is -0.862. The molecular weight excluding hydrogens is 602 g/mol. The Morgan fingerprint density at radius 2 is 1.71 bits per heavy atom. The van der Waals surface area contributed by atoms with E-state index in [0.717, 1.165) is 16.8 Å². The molecule has 0 aliphatic rings. The molecule has 8 nitrogen and oxygen atoms in total. The molecule has 3 aromatic carbocycles. The number of nitrogens with one attached hydrogen (secondary N) is 1. The van der Waals surface area contributed by atoms with Crippen LogP contribution in [-0.2, 0) is 17.8 Å². The normalized spacial score (nSPS) is 10.7. The van der Waals surface area contributed by atoms with Gasteiger partial charge in [0, 0.05) is 17.5 Å². The molecular formula is C24H17Br2N3O5S. The second-order valence-electron chi connectivity index (χ2n) is 7.41. The van der Waals surface area contributed by atoms with Crippen LogP contribution in [0.1, 0.15) is 21.5 Å². The number of rotatable bonds is 8. The Hall–Kier alpha value is -3.28. The van der Waals surface area contributed by atoms with Gasteiger partial charge in [-0.05, 0) is 84.9 Å². The molecule has 1 heterocycles. The van der Waals surface area contributed by atoms with Crippen molar-refractivity contribution in [2.45, 2.75) is 13.0 Å². The molecule has 0 aliphatic carbocycles. The minimum absolute atomic E-state index is 0.0578. The van der Waals surface area contributed by atoms with Gasteiger partial charge in [-0.25, -0.2) is 0 Å². The summed E-state index contributed by atoms with van der Waals surface area (Å²) in [6, 6.07) is 15.2. The molecule has 35 heavy (non-hydrogen) atoms. The Labute approximate surface area is 221 Å². The first kappa shape index (κ1) is 24.8. The van der Waals surface area contributed by atoms with Gasteiger partial charge >= 0.3 is 5.97 Å². The Bertz CT molecular complexity index is 1360. The summed E-state index contributed by atoms with van der Waals surface area (Å²) in [6.07, 6.45) is -0.133. The second kappa shape index (κ2) is 11.0. The topological polar surface area (TPSA) is 122 Å². The first-order valence-corrected chi connectivity index (χ1v) is 12.6. The highest BCUT2D eigenvalue weighted by Gasteiger charge is 2.16. The van der Waals surface area contributed by atoms with Crippen molar-refractivity contribution in [2.75, 3.05) is 0 Å². The number of carbonyl (C=O) groups excluding carboxylic acids is 1. The number of ether oxygens (including phenoxy) is 1. The largest absolute Gasteiger partial charge is 0.507 e. The molecule has 0 bridgehead atoms. The van der Waals surface area contributed by atoms with Crippen LogP contribution in [0.15, 0.2) is 68.9 Å². The lowest BCUT2D eigenvalue weighted by Gasteiger charge is -2.13. The molecule has 4 rings (SSSR count). The summed E-state index contributed by atoms with van der Waals surface area (Å²) in [4.78, 5) is 23.7. The molecule has 11 heteroatoms. The third kappa shape index (κ3) is 6.24. The van der Waals surface area contributed by atoms with Gasteiger partial charge in [-0.2, -0.15) is 0 Å². The summed E-state index contributed by atoms with van der Waals surface area (Å²) >= 11 is 8.06. The lowest BCUT2D eigenvalue weighted by Crippen LogP contribution is -2.22. The molecule has 0 fully saturated rings. The van der Waals surface area contributed by atoms with E-state index in [0.29, 0.717) is 26.0 Å². The van der Waals surface area contributed by atoms with Gasteiger partial charge in [0.2, 0.25) is 0 Å². The first-order valence-electron chi connectivity index (χ1n) is 10.2. The predicted octanol–water partition coefficient (Wildman–Crippen LogP) is 5.79. The molecule has 3 N–H and O–H groups in total. The lowest BCUT2D eigenvalue weighted by molar-refractivity contribution is -0.136. The van der Waals surface area contributed by atoms with Gasteiger partial charge in [0.25, 0.3) is 5.91 Å². The maximum Gasteiger partial charge on any atom is 0.307 e. The van der Waals surface area contributed by atoms with Crippen LogP contribution in [0.2, 0.25) is 0 Å². The van der Waals surface area contributed by atoms with Crippen molar-refractivity contribution in [1.82, 2.24) is 14.9 Å². The molecule has 4 aromatic rings. The average Bonchev–Trinajstić information content (AvgIpc) is 3.36. The van der Waals surface area contributed by atoms with Crippen LogP contribution in [0, 0.1) is 0 Å². The summed E-state index contributed by atoms with van der Waals surface area (Å²) in [5, 5.41) is 27.9. The van der Waals surface area contributed by atoms with Crippen molar-refractivity contribution in [3.05, 3.63) is 85.6 Å². The van der Waals surface area contributed by atoms with Crippen LogP contribution in [0.5, 0.6) is 17.2 Å². The highest BCUT2D eigenvalue weighted by Crippen LogP contribution is 2.39. The fraction of sp³-hybridized carbons (Fsp3) is 0.0833. The lowest BCUT2D eigenvalue weighted by atomic mass is 10.1. The zero-order valence-electron chi connectivity index (χ0n) is 17.9. The van der Waals surface area contributed by atoms with E-state index in [1.807, 2.05) is 29.6 Å². The summed E-state index contributed by atoms with van der Waals surface area (Å²) in [6.45, 7) is 0.265. The van der Waals surface area contributed by atoms with Crippen molar-refractivity contribution >= 4 is 55.3 Å². The van der Waals surface area contributed by atoms with Crippen molar-refractivity contribution in [1.29, 1.82) is 0 Å². The number of carbonyl (C=O) groups is 2. The number of nitrogens with zero attached hydrogens (tertiary/aromatic N) is 2. The van der Waals surface area contributed by atoms with E-state index in [4.69, 9.17) is 9.84 Å². The Balaban J connectivity index is 1.45. The zero-order valence-corrected chi connectivity index (χ0v) is 21.9. The maximum atomic E-state index is 12.8. The van der Waals surface area contributed by atoms with E-state index in [1.165, 1.54) is 29.7 Å². The molecule has 0 radical (unpaired) electrons. The van der Waals surface area contributed by atoms with Crippen molar-refractivity contribution in [3.8, 4) is 28.5 Å². The number of phenols is 1. The number of benzene rings is 3. The summed E-state index contributed by atoms with van der Waals surface area (Å²) in [5.41, 5.74) is 3.26. The van der Waals surface area contributed by atoms with E-state index in [1.54, 1.807) is 12.1 Å². The van der Waals surface area contributed by atoms with Crippen LogP contribution in [-0.4, -0.2) is 31.7 Å². The number of carboxylic acids is 1. The van der Waals surface area contributed by atoms with Crippen LogP contribution < -0.4 is 10.1 Å². The molecule has 1 aromatic heterocycles. The molecule has 0 atom stereocenters. The summed E-state index contributed by atoms with van der Waals surface area (Å²) < 4.78 is 10.8. The minimum atomic E-state index is -0.945. The second-order valence-corrected chi connectivity index (χ2v) is 9.73. The van der Waals surface area contributed by atoms with Crippen LogP contribution in [0.25, 0.3) is 11.3 Å². The molecule has 0 saturated heterocycles. The number of hydrogen-bond acceptors (Lipinski definition) is 7.